The molecule has 1 N–H and O–H groups in total. The van der Waals surface area contributed by atoms with E-state index in [-0.39, 0.29) is 19.0 Å². The molecule has 0 spiro atoms. The Labute approximate surface area is 126 Å². The van der Waals surface area contributed by atoms with Crippen LogP contribution in [-0.4, -0.2) is 22.0 Å². The van der Waals surface area contributed by atoms with E-state index in [0.717, 1.165) is 17.4 Å². The summed E-state index contributed by atoms with van der Waals surface area (Å²) in [5, 5.41) is 2.64. The number of nitrogens with zero attached hydrogens (tertiary/aromatic N) is 2. The van der Waals surface area contributed by atoms with E-state index in [4.69, 9.17) is 0 Å². The largest absolute Gasteiger partial charge is 0.449 e. The molecular formula is C15H18F3N3O. The molecule has 0 saturated heterocycles. The molecule has 0 unspecified atom stereocenters. The normalized spacial score (nSPS) is 11.8. The molecule has 0 bridgehead atoms. The molecule has 22 heavy (non-hydrogen) atoms. The first-order valence-electron chi connectivity index (χ1n) is 7.22. The molecule has 0 aliphatic rings. The predicted octanol–water partition coefficient (Wildman–Crippen LogP) is 3.36. The number of halogens is 3. The van der Waals surface area contributed by atoms with E-state index in [1.807, 2.05) is 6.92 Å². The van der Waals surface area contributed by atoms with Crippen molar-refractivity contribution in [3.63, 3.8) is 0 Å². The lowest BCUT2D eigenvalue weighted by Crippen LogP contribution is -2.28. The van der Waals surface area contributed by atoms with Gasteiger partial charge in [0.2, 0.25) is 11.7 Å². The van der Waals surface area contributed by atoms with Crippen molar-refractivity contribution in [1.29, 1.82) is 0 Å². The second-order valence-corrected chi connectivity index (χ2v) is 5.03. The first-order valence-corrected chi connectivity index (χ1v) is 7.22. The van der Waals surface area contributed by atoms with Crippen LogP contribution in [-0.2, 0) is 17.5 Å². The van der Waals surface area contributed by atoms with Crippen molar-refractivity contribution in [3.05, 3.63) is 30.1 Å². The first-order chi connectivity index (χ1) is 10.4. The number of fused-ring (bicyclic) bond motifs is 1. The molecule has 1 aromatic heterocycles. The number of rotatable bonds is 6. The van der Waals surface area contributed by atoms with Crippen molar-refractivity contribution >= 4 is 16.9 Å². The summed E-state index contributed by atoms with van der Waals surface area (Å²) in [5.74, 6) is -1.07. The van der Waals surface area contributed by atoms with Crippen molar-refractivity contribution in [3.8, 4) is 0 Å². The molecule has 7 heteroatoms. The highest BCUT2D eigenvalue weighted by atomic mass is 19.4. The highest BCUT2D eigenvalue weighted by Gasteiger charge is 2.37. The Hall–Kier alpha value is -2.05. The second-order valence-electron chi connectivity index (χ2n) is 5.03. The number of hydrogen-bond acceptors (Lipinski definition) is 2. The zero-order chi connectivity index (χ0) is 16.2. The maximum absolute atomic E-state index is 13.1. The van der Waals surface area contributed by atoms with Crippen LogP contribution in [0.25, 0.3) is 11.0 Å². The summed E-state index contributed by atoms with van der Waals surface area (Å²) in [7, 11) is 0. The number of alkyl halides is 3. The Morgan fingerprint density at radius 1 is 1.32 bits per heavy atom. The van der Waals surface area contributed by atoms with Crippen LogP contribution < -0.4 is 5.32 Å². The molecule has 0 atom stereocenters. The van der Waals surface area contributed by atoms with E-state index in [9.17, 15) is 18.0 Å². The molecule has 120 valence electrons. The number of carbonyl (C=O) groups is 1. The van der Waals surface area contributed by atoms with Crippen molar-refractivity contribution in [2.45, 2.75) is 38.9 Å². The van der Waals surface area contributed by atoms with E-state index in [0.29, 0.717) is 17.5 Å². The molecule has 0 aliphatic carbocycles. The van der Waals surface area contributed by atoms with E-state index >= 15 is 0 Å². The fourth-order valence-electron chi connectivity index (χ4n) is 2.25. The minimum atomic E-state index is -4.52. The molecule has 1 aromatic carbocycles. The van der Waals surface area contributed by atoms with Crippen LogP contribution in [0.5, 0.6) is 0 Å². The molecule has 0 aliphatic heterocycles. The van der Waals surface area contributed by atoms with Gasteiger partial charge in [-0.15, -0.1) is 0 Å². The number of aromatic nitrogens is 2. The fourth-order valence-corrected chi connectivity index (χ4v) is 2.25. The number of nitrogens with one attached hydrogen (secondary N) is 1. The Balaban J connectivity index is 2.14. The van der Waals surface area contributed by atoms with Crippen LogP contribution in [0.1, 0.15) is 32.0 Å². The van der Waals surface area contributed by atoms with Gasteiger partial charge in [-0.25, -0.2) is 4.98 Å². The summed E-state index contributed by atoms with van der Waals surface area (Å²) >= 11 is 0. The fraction of sp³-hybridized carbons (Fsp3) is 0.467. The molecule has 0 radical (unpaired) electrons. The average molecular weight is 313 g/mol. The van der Waals surface area contributed by atoms with Gasteiger partial charge in [0.1, 0.15) is 0 Å². The second kappa shape index (κ2) is 6.81. The van der Waals surface area contributed by atoms with Gasteiger partial charge in [0.15, 0.2) is 0 Å². The summed E-state index contributed by atoms with van der Waals surface area (Å²) in [6.07, 6.45) is -2.45. The van der Waals surface area contributed by atoms with Crippen molar-refractivity contribution in [2.24, 2.45) is 0 Å². The summed E-state index contributed by atoms with van der Waals surface area (Å²) in [6.45, 7) is 2.15. The molecule has 0 fully saturated rings. The summed E-state index contributed by atoms with van der Waals surface area (Å²) in [5.41, 5.74) is 0.713. The Bertz CT molecular complexity index is 649. The molecule has 2 rings (SSSR count). The highest BCUT2D eigenvalue weighted by Crippen LogP contribution is 2.31. The van der Waals surface area contributed by atoms with E-state index in [1.54, 1.807) is 24.3 Å². The van der Waals surface area contributed by atoms with Gasteiger partial charge in [-0.2, -0.15) is 13.2 Å². The van der Waals surface area contributed by atoms with Crippen LogP contribution >= 0.6 is 0 Å². The van der Waals surface area contributed by atoms with E-state index < -0.39 is 12.0 Å². The Kier molecular flexibility index (Phi) is 5.05. The monoisotopic (exact) mass is 313 g/mol. The number of hydrogen-bond donors (Lipinski definition) is 1. The average Bonchev–Trinajstić information content (AvgIpc) is 2.84. The topological polar surface area (TPSA) is 46.9 Å². The zero-order valence-electron chi connectivity index (χ0n) is 12.3. The lowest BCUT2D eigenvalue weighted by molar-refractivity contribution is -0.146. The molecule has 2 aromatic rings. The van der Waals surface area contributed by atoms with Crippen molar-refractivity contribution in [2.75, 3.05) is 6.54 Å². The van der Waals surface area contributed by atoms with Crippen LogP contribution in [0.4, 0.5) is 13.2 Å². The van der Waals surface area contributed by atoms with Crippen LogP contribution in [0.3, 0.4) is 0 Å². The number of para-hydroxylation sites is 2. The van der Waals surface area contributed by atoms with Gasteiger partial charge in [-0.05, 0) is 18.6 Å². The number of benzene rings is 1. The van der Waals surface area contributed by atoms with Crippen molar-refractivity contribution < 1.29 is 18.0 Å². The van der Waals surface area contributed by atoms with Gasteiger partial charge in [0.25, 0.3) is 0 Å². The van der Waals surface area contributed by atoms with Gasteiger partial charge in [-0.3, -0.25) is 4.79 Å². The number of amides is 1. The molecular weight excluding hydrogens is 295 g/mol. The zero-order valence-corrected chi connectivity index (χ0v) is 12.3. The highest BCUT2D eigenvalue weighted by molar-refractivity contribution is 5.77. The summed E-state index contributed by atoms with van der Waals surface area (Å²) < 4.78 is 40.3. The van der Waals surface area contributed by atoms with Gasteiger partial charge in [-0.1, -0.05) is 25.5 Å². The number of unbranched alkanes of at least 4 members (excludes halogenated alkanes) is 1. The van der Waals surface area contributed by atoms with Gasteiger partial charge in [0.05, 0.1) is 11.0 Å². The van der Waals surface area contributed by atoms with Crippen molar-refractivity contribution in [1.82, 2.24) is 14.9 Å². The third-order valence-corrected chi connectivity index (χ3v) is 3.32. The quantitative estimate of drug-likeness (QED) is 0.889. The molecule has 4 nitrogen and oxygen atoms in total. The molecule has 0 saturated carbocycles. The minimum absolute atomic E-state index is 0.0349. The first kappa shape index (κ1) is 16.3. The minimum Gasteiger partial charge on any atom is -0.354 e. The molecule has 1 heterocycles. The number of imidazole rings is 1. The maximum atomic E-state index is 13.1. The van der Waals surface area contributed by atoms with Gasteiger partial charge in [0, 0.05) is 19.5 Å². The van der Waals surface area contributed by atoms with Gasteiger partial charge < -0.3 is 9.88 Å². The van der Waals surface area contributed by atoms with Crippen LogP contribution in [0.2, 0.25) is 0 Å². The SMILES string of the molecule is CCCCC(=O)NCCn1c(C(F)(F)F)nc2ccccc21. The Morgan fingerprint density at radius 2 is 2.05 bits per heavy atom. The standard InChI is InChI=1S/C15H18F3N3O/c1-2-3-8-13(22)19-9-10-21-12-7-5-4-6-11(12)20-14(21)15(16,17)18/h4-7H,2-3,8-10H2,1H3,(H,19,22). The molecule has 1 amide bonds. The van der Waals surface area contributed by atoms with E-state index in [2.05, 4.69) is 10.3 Å². The maximum Gasteiger partial charge on any atom is 0.449 e. The third-order valence-electron chi connectivity index (χ3n) is 3.32. The summed E-state index contributed by atoms with van der Waals surface area (Å²) in [6, 6.07) is 6.45. The van der Waals surface area contributed by atoms with Gasteiger partial charge >= 0.3 is 6.18 Å². The predicted molar refractivity (Wildman–Crippen MR) is 77.3 cm³/mol. The lowest BCUT2D eigenvalue weighted by Gasteiger charge is -2.12. The third kappa shape index (κ3) is 3.78. The number of carbonyl (C=O) groups excluding carboxylic acids is 1. The van der Waals surface area contributed by atoms with Crippen LogP contribution in [0, 0.1) is 0 Å². The lowest BCUT2D eigenvalue weighted by atomic mass is 10.2. The van der Waals surface area contributed by atoms with Crippen LogP contribution in [0.15, 0.2) is 24.3 Å². The Morgan fingerprint density at radius 3 is 2.73 bits per heavy atom. The van der Waals surface area contributed by atoms with E-state index in [1.165, 1.54) is 0 Å². The smallest absolute Gasteiger partial charge is 0.354 e. The summed E-state index contributed by atoms with van der Waals surface area (Å²) in [4.78, 5) is 15.2.